The minimum absolute atomic E-state index is 0.0958. The molecule has 0 aliphatic carbocycles. The van der Waals surface area contributed by atoms with Crippen LogP contribution in [0.4, 0.5) is 11.4 Å². The maximum atomic E-state index is 11.0. The Morgan fingerprint density at radius 1 is 1.14 bits per heavy atom. The summed E-state index contributed by atoms with van der Waals surface area (Å²) in [5.41, 5.74) is 2.40. The molecule has 0 heterocycles. The van der Waals surface area contributed by atoms with Crippen molar-refractivity contribution < 1.29 is 4.92 Å². The van der Waals surface area contributed by atoms with E-state index in [0.717, 1.165) is 11.3 Å². The SMILES string of the molecule is Cc1ccc(C(C)Nc2ccc(Cl)c(Cl)c2)cc1[N+](=O)[O-]. The zero-order valence-corrected chi connectivity index (χ0v) is 13.1. The van der Waals surface area contributed by atoms with Gasteiger partial charge in [-0.1, -0.05) is 35.3 Å². The number of benzene rings is 2. The Bertz CT molecular complexity index is 689. The van der Waals surface area contributed by atoms with Gasteiger partial charge >= 0.3 is 0 Å². The minimum atomic E-state index is -0.370. The third-order valence-corrected chi connectivity index (χ3v) is 3.97. The first-order valence-electron chi connectivity index (χ1n) is 6.35. The molecule has 2 aromatic carbocycles. The van der Waals surface area contributed by atoms with Crippen LogP contribution in [0.5, 0.6) is 0 Å². The highest BCUT2D eigenvalue weighted by atomic mass is 35.5. The molecule has 0 bridgehead atoms. The van der Waals surface area contributed by atoms with E-state index in [2.05, 4.69) is 5.32 Å². The fourth-order valence-corrected chi connectivity index (χ4v) is 2.31. The van der Waals surface area contributed by atoms with Gasteiger partial charge in [-0.25, -0.2) is 0 Å². The van der Waals surface area contributed by atoms with Crippen LogP contribution >= 0.6 is 23.2 Å². The van der Waals surface area contributed by atoms with Crippen LogP contribution in [0, 0.1) is 17.0 Å². The smallest absolute Gasteiger partial charge is 0.272 e. The fourth-order valence-electron chi connectivity index (χ4n) is 2.01. The average Bonchev–Trinajstić information content (AvgIpc) is 2.43. The summed E-state index contributed by atoms with van der Waals surface area (Å²) in [6, 6.07) is 10.4. The van der Waals surface area contributed by atoms with Crippen LogP contribution in [-0.2, 0) is 0 Å². The lowest BCUT2D eigenvalue weighted by Gasteiger charge is -2.16. The summed E-state index contributed by atoms with van der Waals surface area (Å²) in [4.78, 5) is 10.6. The van der Waals surface area contributed by atoms with Crippen molar-refractivity contribution in [2.75, 3.05) is 5.32 Å². The van der Waals surface area contributed by atoms with Gasteiger partial charge in [-0.05, 0) is 37.6 Å². The summed E-state index contributed by atoms with van der Waals surface area (Å²) < 4.78 is 0. The molecule has 0 radical (unpaired) electrons. The highest BCUT2D eigenvalue weighted by Crippen LogP contribution is 2.29. The summed E-state index contributed by atoms with van der Waals surface area (Å²) in [5, 5.41) is 15.2. The minimum Gasteiger partial charge on any atom is -0.378 e. The second kappa shape index (κ2) is 6.33. The van der Waals surface area contributed by atoms with Gasteiger partial charge in [0, 0.05) is 23.4 Å². The van der Waals surface area contributed by atoms with Crippen molar-refractivity contribution in [3.05, 3.63) is 67.7 Å². The predicted molar refractivity (Wildman–Crippen MR) is 86.3 cm³/mol. The van der Waals surface area contributed by atoms with Crippen molar-refractivity contribution >= 4 is 34.6 Å². The van der Waals surface area contributed by atoms with Gasteiger partial charge in [0.15, 0.2) is 0 Å². The van der Waals surface area contributed by atoms with Gasteiger partial charge in [0.05, 0.1) is 15.0 Å². The summed E-state index contributed by atoms with van der Waals surface area (Å²) in [7, 11) is 0. The summed E-state index contributed by atoms with van der Waals surface area (Å²) >= 11 is 11.8. The number of nitro groups is 1. The maximum absolute atomic E-state index is 11.0. The first kappa shape index (κ1) is 15.6. The standard InChI is InChI=1S/C15H14Cl2N2O2/c1-9-3-4-11(7-15(9)19(20)21)10(2)18-12-5-6-13(16)14(17)8-12/h3-8,10,18H,1-2H3. The van der Waals surface area contributed by atoms with Crippen molar-refractivity contribution in [1.82, 2.24) is 0 Å². The van der Waals surface area contributed by atoms with Gasteiger partial charge in [0.1, 0.15) is 0 Å². The molecule has 1 unspecified atom stereocenters. The van der Waals surface area contributed by atoms with Gasteiger partial charge in [0.25, 0.3) is 5.69 Å². The molecule has 0 aliphatic rings. The number of anilines is 1. The third kappa shape index (κ3) is 3.65. The van der Waals surface area contributed by atoms with E-state index in [9.17, 15) is 10.1 Å². The van der Waals surface area contributed by atoms with E-state index in [1.165, 1.54) is 0 Å². The van der Waals surface area contributed by atoms with E-state index in [1.54, 1.807) is 31.2 Å². The first-order chi connectivity index (χ1) is 9.88. The van der Waals surface area contributed by atoms with E-state index in [-0.39, 0.29) is 16.7 Å². The molecule has 0 amide bonds. The molecule has 110 valence electrons. The molecule has 0 fully saturated rings. The normalized spacial score (nSPS) is 12.0. The van der Waals surface area contributed by atoms with Crippen LogP contribution in [0.15, 0.2) is 36.4 Å². The molecule has 2 rings (SSSR count). The van der Waals surface area contributed by atoms with Crippen molar-refractivity contribution in [3.63, 3.8) is 0 Å². The Morgan fingerprint density at radius 3 is 2.48 bits per heavy atom. The van der Waals surface area contributed by atoms with Gasteiger partial charge < -0.3 is 5.32 Å². The maximum Gasteiger partial charge on any atom is 0.272 e. The van der Waals surface area contributed by atoms with Gasteiger partial charge in [-0.3, -0.25) is 10.1 Å². The Balaban J connectivity index is 2.23. The number of nitrogens with one attached hydrogen (secondary N) is 1. The molecular weight excluding hydrogens is 311 g/mol. The summed E-state index contributed by atoms with van der Waals surface area (Å²) in [5.74, 6) is 0. The second-order valence-electron chi connectivity index (χ2n) is 4.80. The zero-order chi connectivity index (χ0) is 15.6. The Kier molecular flexibility index (Phi) is 4.70. The molecule has 1 N–H and O–H groups in total. The highest BCUT2D eigenvalue weighted by molar-refractivity contribution is 6.42. The highest BCUT2D eigenvalue weighted by Gasteiger charge is 2.14. The van der Waals surface area contributed by atoms with Crippen molar-refractivity contribution in [2.24, 2.45) is 0 Å². The molecule has 0 aliphatic heterocycles. The van der Waals surface area contributed by atoms with E-state index in [0.29, 0.717) is 15.6 Å². The van der Waals surface area contributed by atoms with Gasteiger partial charge in [0.2, 0.25) is 0 Å². The van der Waals surface area contributed by atoms with Crippen LogP contribution < -0.4 is 5.32 Å². The monoisotopic (exact) mass is 324 g/mol. The molecule has 2 aromatic rings. The number of aryl methyl sites for hydroxylation is 1. The molecule has 21 heavy (non-hydrogen) atoms. The van der Waals surface area contributed by atoms with Crippen LogP contribution in [0.1, 0.15) is 24.1 Å². The lowest BCUT2D eigenvalue weighted by molar-refractivity contribution is -0.385. The topological polar surface area (TPSA) is 55.2 Å². The number of nitro benzene ring substituents is 1. The lowest BCUT2D eigenvalue weighted by atomic mass is 10.0. The summed E-state index contributed by atoms with van der Waals surface area (Å²) in [6.07, 6.45) is 0. The Morgan fingerprint density at radius 2 is 1.86 bits per heavy atom. The number of hydrogen-bond donors (Lipinski definition) is 1. The van der Waals surface area contributed by atoms with Crippen molar-refractivity contribution in [1.29, 1.82) is 0 Å². The van der Waals surface area contributed by atoms with Crippen LogP contribution in [-0.4, -0.2) is 4.92 Å². The summed E-state index contributed by atoms with van der Waals surface area (Å²) in [6.45, 7) is 3.65. The Labute approximate surface area is 132 Å². The van der Waals surface area contributed by atoms with Gasteiger partial charge in [-0.15, -0.1) is 0 Å². The molecule has 1 atom stereocenters. The van der Waals surface area contributed by atoms with Crippen LogP contribution in [0.2, 0.25) is 10.0 Å². The molecule has 0 saturated carbocycles. The van der Waals surface area contributed by atoms with Gasteiger partial charge in [-0.2, -0.15) is 0 Å². The quantitative estimate of drug-likeness (QED) is 0.606. The van der Waals surface area contributed by atoms with Crippen molar-refractivity contribution in [2.45, 2.75) is 19.9 Å². The lowest BCUT2D eigenvalue weighted by Crippen LogP contribution is -2.07. The molecular formula is C15H14Cl2N2O2. The molecule has 0 saturated heterocycles. The number of rotatable bonds is 4. The van der Waals surface area contributed by atoms with E-state index in [4.69, 9.17) is 23.2 Å². The zero-order valence-electron chi connectivity index (χ0n) is 11.6. The second-order valence-corrected chi connectivity index (χ2v) is 5.61. The van der Waals surface area contributed by atoms with Crippen LogP contribution in [0.25, 0.3) is 0 Å². The van der Waals surface area contributed by atoms with E-state index in [1.807, 2.05) is 19.1 Å². The molecule has 4 nitrogen and oxygen atoms in total. The van der Waals surface area contributed by atoms with Crippen molar-refractivity contribution in [3.8, 4) is 0 Å². The predicted octanol–water partition coefficient (Wildman–Crippen LogP) is 5.38. The molecule has 0 aromatic heterocycles. The molecule has 0 spiro atoms. The Hall–Kier alpha value is -1.78. The first-order valence-corrected chi connectivity index (χ1v) is 7.10. The largest absolute Gasteiger partial charge is 0.378 e. The number of halogens is 2. The third-order valence-electron chi connectivity index (χ3n) is 3.23. The number of nitrogens with zero attached hydrogens (tertiary/aromatic N) is 1. The van der Waals surface area contributed by atoms with E-state index < -0.39 is 0 Å². The molecule has 6 heteroatoms. The average molecular weight is 325 g/mol. The fraction of sp³-hybridized carbons (Fsp3) is 0.200. The van der Waals surface area contributed by atoms with Crippen LogP contribution in [0.3, 0.4) is 0 Å². The van der Waals surface area contributed by atoms with E-state index >= 15 is 0 Å². The number of hydrogen-bond acceptors (Lipinski definition) is 3.